The molecule has 0 atom stereocenters. The number of hydrogen-bond acceptors (Lipinski definition) is 14. The molecular weight excluding hydrogens is 864 g/mol. The Morgan fingerprint density at radius 3 is 1.43 bits per heavy atom. The standard InChI is InChI=1S/C28H19Cl4N15O7S2/c29-20-39-21(30)42-26(41-20)36-15-7-5-13(9-17(15)55(49,50)51)34-24-45-25(47-28(46-24)38-19(48)11-1-3-12(33)4-2-11)35-14-6-8-16(18(10-14)56(52,53)54)37-27-43-22(31)40-23(32)44-27/h1-10H,33H2,(H,49,50,51)(H,52,53,54)(H,36,39,41,42)(H,37,40,43,44)(H3,34,35,38,45,46,47,48). The van der Waals surface area contributed by atoms with Crippen molar-refractivity contribution in [3.63, 3.8) is 0 Å². The topological polar surface area (TPSA) is 344 Å². The van der Waals surface area contributed by atoms with Gasteiger partial charge in [0.2, 0.25) is 49.2 Å². The molecule has 0 saturated carbocycles. The highest BCUT2D eigenvalue weighted by Crippen LogP contribution is 2.29. The molecule has 0 bridgehead atoms. The van der Waals surface area contributed by atoms with Crippen LogP contribution in [0.25, 0.3) is 0 Å². The van der Waals surface area contributed by atoms with Crippen LogP contribution in [0.2, 0.25) is 21.1 Å². The average Bonchev–Trinajstić information content (AvgIpc) is 3.08. The normalized spacial score (nSPS) is 13.3. The third-order valence-electron chi connectivity index (χ3n) is 6.67. The molecule has 3 aromatic heterocycles. The zero-order valence-corrected chi connectivity index (χ0v) is 31.8. The number of hydrogen-bond donors (Lipinski definition) is 8. The molecule has 3 heterocycles. The number of aromatic amines is 5. The summed E-state index contributed by atoms with van der Waals surface area (Å²) in [5, 5.41) is -1.00. The van der Waals surface area contributed by atoms with Crippen LogP contribution in [0.3, 0.4) is 0 Å². The van der Waals surface area contributed by atoms with E-state index in [0.717, 1.165) is 12.1 Å². The number of H-pyrrole nitrogens is 5. The van der Waals surface area contributed by atoms with Gasteiger partial charge in [0.05, 0.1) is 22.7 Å². The molecule has 0 spiro atoms. The van der Waals surface area contributed by atoms with Crippen LogP contribution >= 0.6 is 46.4 Å². The Hall–Kier alpha value is -5.86. The molecular formula is C28H19Cl4N15O7S2. The molecule has 0 radical (unpaired) electrons. The first-order chi connectivity index (χ1) is 26.4. The summed E-state index contributed by atoms with van der Waals surface area (Å²) in [4.78, 5) is 60.4. The number of nitrogens with two attached hydrogens (primary N) is 1. The summed E-state index contributed by atoms with van der Waals surface area (Å²) in [5.74, 6) is -0.747. The zero-order chi connectivity index (χ0) is 40.4. The lowest BCUT2D eigenvalue weighted by molar-refractivity contribution is 0.0997. The number of halogens is 4. The molecule has 0 unspecified atom stereocenters. The molecule has 0 aliphatic carbocycles. The third-order valence-corrected chi connectivity index (χ3v) is 9.13. The maximum atomic E-state index is 13.0. The van der Waals surface area contributed by atoms with Gasteiger partial charge in [0, 0.05) is 11.3 Å². The van der Waals surface area contributed by atoms with Gasteiger partial charge in [-0.05, 0) is 107 Å². The first-order valence-electron chi connectivity index (χ1n) is 14.8. The van der Waals surface area contributed by atoms with Gasteiger partial charge in [-0.15, -0.1) is 0 Å². The Balaban J connectivity index is 1.53. The van der Waals surface area contributed by atoms with E-state index in [4.69, 9.17) is 52.1 Å². The van der Waals surface area contributed by atoms with Crippen molar-refractivity contribution in [3.8, 4) is 0 Å². The molecule has 0 fully saturated rings. The third kappa shape index (κ3) is 10.3. The molecule has 6 rings (SSSR count). The van der Waals surface area contributed by atoms with Gasteiger partial charge in [-0.25, -0.2) is 20.0 Å². The smallest absolute Gasteiger partial charge is 0.296 e. The highest BCUT2D eigenvalue weighted by Gasteiger charge is 2.18. The summed E-state index contributed by atoms with van der Waals surface area (Å²) < 4.78 is 69.6. The molecule has 288 valence electrons. The Morgan fingerprint density at radius 1 is 0.589 bits per heavy atom. The largest absolute Gasteiger partial charge is 0.399 e. The molecule has 1 amide bonds. The molecule has 6 aromatic rings. The molecule has 3 aromatic carbocycles. The van der Waals surface area contributed by atoms with E-state index in [-0.39, 0.29) is 77.5 Å². The lowest BCUT2D eigenvalue weighted by atomic mass is 10.2. The first-order valence-corrected chi connectivity index (χ1v) is 19.2. The van der Waals surface area contributed by atoms with Crippen molar-refractivity contribution in [3.05, 3.63) is 115 Å². The lowest BCUT2D eigenvalue weighted by Gasteiger charge is -2.05. The monoisotopic (exact) mass is 881 g/mol. The van der Waals surface area contributed by atoms with Crippen LogP contribution in [0.4, 0.5) is 28.4 Å². The fourth-order valence-corrected chi connectivity index (χ4v) is 6.45. The van der Waals surface area contributed by atoms with Crippen molar-refractivity contribution in [2.75, 3.05) is 5.73 Å². The second kappa shape index (κ2) is 16.1. The van der Waals surface area contributed by atoms with E-state index in [1.165, 1.54) is 48.5 Å². The van der Waals surface area contributed by atoms with Gasteiger partial charge in [-0.1, -0.05) is 0 Å². The van der Waals surface area contributed by atoms with Gasteiger partial charge < -0.3 is 5.73 Å². The van der Waals surface area contributed by atoms with Crippen LogP contribution < -0.4 is 33.8 Å². The van der Waals surface area contributed by atoms with E-state index in [2.05, 4.69) is 69.8 Å². The second-order valence-corrected chi connectivity index (χ2v) is 14.8. The van der Waals surface area contributed by atoms with Crippen molar-refractivity contribution < 1.29 is 30.7 Å². The van der Waals surface area contributed by atoms with Crippen LogP contribution in [0.15, 0.2) is 95.4 Å². The highest BCUT2D eigenvalue weighted by molar-refractivity contribution is 7.86. The number of benzene rings is 3. The number of amides is 1. The molecule has 56 heavy (non-hydrogen) atoms. The maximum absolute atomic E-state index is 13.0. The van der Waals surface area contributed by atoms with Gasteiger partial charge in [-0.3, -0.25) is 38.8 Å². The summed E-state index contributed by atoms with van der Waals surface area (Å²) in [6.07, 6.45) is 0. The average molecular weight is 884 g/mol. The minimum atomic E-state index is -4.93. The van der Waals surface area contributed by atoms with E-state index in [0.29, 0.717) is 5.69 Å². The molecule has 0 saturated heterocycles. The zero-order valence-electron chi connectivity index (χ0n) is 27.1. The Bertz CT molecular complexity index is 2920. The van der Waals surface area contributed by atoms with Crippen LogP contribution in [-0.2, 0) is 20.2 Å². The van der Waals surface area contributed by atoms with Crippen LogP contribution in [0.5, 0.6) is 0 Å². The van der Waals surface area contributed by atoms with Crippen molar-refractivity contribution >= 4 is 101 Å². The minimum absolute atomic E-state index is 0.0962. The summed E-state index contributed by atoms with van der Waals surface area (Å²) in [6, 6.07) is 12.7. The number of carbonyl (C=O) groups is 1. The van der Waals surface area contributed by atoms with Crippen molar-refractivity contribution in [2.24, 2.45) is 25.0 Å². The molecule has 22 nitrogen and oxygen atoms in total. The molecule has 28 heteroatoms. The summed E-state index contributed by atoms with van der Waals surface area (Å²) in [5.41, 5.74) is 4.31. The van der Waals surface area contributed by atoms with Gasteiger partial charge in [0.1, 0.15) is 9.79 Å². The van der Waals surface area contributed by atoms with Gasteiger partial charge >= 0.3 is 0 Å². The lowest BCUT2D eigenvalue weighted by Crippen LogP contribution is -2.37. The maximum Gasteiger partial charge on any atom is 0.296 e. The fraction of sp³-hybridized carbons (Fsp3) is 0. The van der Waals surface area contributed by atoms with Gasteiger partial charge in [-0.2, -0.15) is 41.8 Å². The van der Waals surface area contributed by atoms with Gasteiger partial charge in [0.25, 0.3) is 26.1 Å². The van der Waals surface area contributed by atoms with Crippen LogP contribution in [0, 0.1) is 0 Å². The van der Waals surface area contributed by atoms with E-state index in [1.807, 2.05) is 0 Å². The van der Waals surface area contributed by atoms with Crippen LogP contribution in [0.1, 0.15) is 10.4 Å². The number of aromatic nitrogens is 9. The predicted octanol–water partition coefficient (Wildman–Crippen LogP) is 2.27. The number of anilines is 1. The second-order valence-electron chi connectivity index (χ2n) is 10.6. The summed E-state index contributed by atoms with van der Waals surface area (Å²) >= 11 is 23.3. The number of nitrogens with zero attached hydrogens (tertiary/aromatic N) is 9. The van der Waals surface area contributed by atoms with Crippen molar-refractivity contribution in [2.45, 2.75) is 9.79 Å². The fourth-order valence-electron chi connectivity index (χ4n) is 4.41. The Morgan fingerprint density at radius 2 is 1.02 bits per heavy atom. The van der Waals surface area contributed by atoms with E-state index in [1.54, 1.807) is 0 Å². The van der Waals surface area contributed by atoms with Crippen molar-refractivity contribution in [1.82, 2.24) is 44.9 Å². The SMILES string of the molecule is Nc1ccc(C(=O)N=c2[nH]c(=Nc3ccc(N=c4nc(Cl)nc(Cl)[nH]4)c(S(=O)(=O)O)c3)[nH]c(=Nc3ccc(N=c4nc(Cl)nc(Cl)[nH]4)c(S(=O)(=O)O)c3)[nH]2)cc1. The number of nitrogens with one attached hydrogen (secondary N) is 5. The van der Waals surface area contributed by atoms with E-state index < -0.39 is 35.9 Å². The van der Waals surface area contributed by atoms with Crippen LogP contribution in [-0.4, -0.2) is 76.7 Å². The summed E-state index contributed by atoms with van der Waals surface area (Å²) in [6.45, 7) is 0. The summed E-state index contributed by atoms with van der Waals surface area (Å²) in [7, 11) is -9.87. The minimum Gasteiger partial charge on any atom is -0.399 e. The Kier molecular flexibility index (Phi) is 11.4. The number of rotatable bonds is 7. The van der Waals surface area contributed by atoms with Gasteiger partial charge in [0.15, 0.2) is 0 Å². The molecule has 9 N–H and O–H groups in total. The highest BCUT2D eigenvalue weighted by atomic mass is 35.5. The predicted molar refractivity (Wildman–Crippen MR) is 196 cm³/mol. The quantitative estimate of drug-likeness (QED) is 0.0846. The van der Waals surface area contributed by atoms with Crippen molar-refractivity contribution in [1.29, 1.82) is 0 Å². The first kappa shape index (κ1) is 39.8. The van der Waals surface area contributed by atoms with E-state index in [9.17, 15) is 30.7 Å². The Labute approximate surface area is 331 Å². The number of nitrogen functional groups attached to an aromatic ring is 1. The van der Waals surface area contributed by atoms with E-state index >= 15 is 0 Å². The number of carbonyl (C=O) groups excluding carboxylic acids is 1. The molecule has 0 aliphatic rings. The molecule has 0 aliphatic heterocycles.